The summed E-state index contributed by atoms with van der Waals surface area (Å²) in [6, 6.07) is 11.9. The third-order valence-corrected chi connectivity index (χ3v) is 4.27. The van der Waals surface area contributed by atoms with Gasteiger partial charge in [0.05, 0.1) is 13.2 Å². The Morgan fingerprint density at radius 3 is 2.52 bits per heavy atom. The van der Waals surface area contributed by atoms with Crippen molar-refractivity contribution in [2.75, 3.05) is 20.2 Å². The van der Waals surface area contributed by atoms with Crippen molar-refractivity contribution in [3.05, 3.63) is 35.9 Å². The van der Waals surface area contributed by atoms with E-state index in [9.17, 15) is 4.79 Å². The summed E-state index contributed by atoms with van der Waals surface area (Å²) >= 11 is 0. The molecule has 1 heterocycles. The molecule has 1 aliphatic rings. The van der Waals surface area contributed by atoms with Gasteiger partial charge in [0.15, 0.2) is 0 Å². The number of nitrogens with zero attached hydrogens (tertiary/aromatic N) is 2. The molecule has 2 rings (SSSR count). The maximum atomic E-state index is 12.7. The second-order valence-corrected chi connectivity index (χ2v) is 5.42. The highest BCUT2D eigenvalue weighted by molar-refractivity contribution is 5.82. The van der Waals surface area contributed by atoms with Gasteiger partial charge in [0, 0.05) is 6.42 Å². The van der Waals surface area contributed by atoms with E-state index in [1.165, 1.54) is 13.5 Å². The summed E-state index contributed by atoms with van der Waals surface area (Å²) in [6.07, 6.45) is 4.16. The molecule has 0 saturated carbocycles. The number of carbonyl (C=O) groups excluding carboxylic acids is 1. The van der Waals surface area contributed by atoms with Gasteiger partial charge in [-0.05, 0) is 37.9 Å². The second kappa shape index (κ2) is 7.24. The summed E-state index contributed by atoms with van der Waals surface area (Å²) in [6.45, 7) is 1.74. The van der Waals surface area contributed by atoms with Crippen LogP contribution in [0.3, 0.4) is 0 Å². The number of ether oxygens (including phenoxy) is 1. The smallest absolute Gasteiger partial charge is 0.330 e. The number of nitriles is 1. The Kier molecular flexibility index (Phi) is 5.35. The molecule has 0 amide bonds. The van der Waals surface area contributed by atoms with E-state index < -0.39 is 5.54 Å². The van der Waals surface area contributed by atoms with Gasteiger partial charge in [0.25, 0.3) is 0 Å². The van der Waals surface area contributed by atoms with Crippen LogP contribution in [0.25, 0.3) is 0 Å². The maximum Gasteiger partial charge on any atom is 0.330 e. The lowest BCUT2D eigenvalue weighted by atomic mass is 9.82. The number of methoxy groups -OCH3 is 1. The van der Waals surface area contributed by atoms with Gasteiger partial charge < -0.3 is 4.74 Å². The lowest BCUT2D eigenvalue weighted by Crippen LogP contribution is -2.54. The fourth-order valence-electron chi connectivity index (χ4n) is 3.23. The molecule has 21 heavy (non-hydrogen) atoms. The summed E-state index contributed by atoms with van der Waals surface area (Å²) in [5.74, 6) is -0.258. The Morgan fingerprint density at radius 2 is 1.95 bits per heavy atom. The van der Waals surface area contributed by atoms with Gasteiger partial charge in [0.2, 0.25) is 0 Å². The standard InChI is InChI=1S/C17H22N2O2/c1-21-16(20)17(11-8-12-18,15-9-4-2-5-10-15)19-13-6-3-7-14-19/h2,4-5,9-10H,3,6-8,11,13-14H2,1H3. The zero-order valence-electron chi connectivity index (χ0n) is 12.5. The van der Waals surface area contributed by atoms with Crippen molar-refractivity contribution in [3.8, 4) is 6.07 Å². The maximum absolute atomic E-state index is 12.7. The Morgan fingerprint density at radius 1 is 1.29 bits per heavy atom. The van der Waals surface area contributed by atoms with Crippen molar-refractivity contribution in [1.29, 1.82) is 5.26 Å². The van der Waals surface area contributed by atoms with Crippen LogP contribution in [0.1, 0.15) is 37.7 Å². The molecule has 0 spiro atoms. The average Bonchev–Trinajstić information content (AvgIpc) is 2.57. The number of hydrogen-bond donors (Lipinski definition) is 0. The van der Waals surface area contributed by atoms with Crippen LogP contribution in [0, 0.1) is 11.3 Å². The summed E-state index contributed by atoms with van der Waals surface area (Å²) in [4.78, 5) is 14.9. The minimum Gasteiger partial charge on any atom is -0.467 e. The van der Waals surface area contributed by atoms with Crippen molar-refractivity contribution in [2.45, 2.75) is 37.6 Å². The number of piperidine rings is 1. The van der Waals surface area contributed by atoms with Crippen LogP contribution in [0.15, 0.2) is 30.3 Å². The monoisotopic (exact) mass is 286 g/mol. The van der Waals surface area contributed by atoms with E-state index in [0.717, 1.165) is 31.5 Å². The third kappa shape index (κ3) is 3.08. The molecule has 1 aromatic rings. The highest BCUT2D eigenvalue weighted by Crippen LogP contribution is 2.36. The average molecular weight is 286 g/mol. The van der Waals surface area contributed by atoms with E-state index in [1.807, 2.05) is 30.3 Å². The Hall–Kier alpha value is -1.86. The Bertz CT molecular complexity index is 503. The van der Waals surface area contributed by atoms with Crippen LogP contribution in [0.2, 0.25) is 0 Å². The normalized spacial score (nSPS) is 18.5. The predicted molar refractivity (Wildman–Crippen MR) is 80.4 cm³/mol. The van der Waals surface area contributed by atoms with E-state index >= 15 is 0 Å². The molecule has 0 aromatic heterocycles. The molecule has 1 fully saturated rings. The molecule has 1 atom stereocenters. The molecule has 112 valence electrons. The zero-order valence-corrected chi connectivity index (χ0v) is 12.5. The van der Waals surface area contributed by atoms with Gasteiger partial charge in [-0.15, -0.1) is 0 Å². The fraction of sp³-hybridized carbons (Fsp3) is 0.529. The molecule has 4 nitrogen and oxygen atoms in total. The van der Waals surface area contributed by atoms with Gasteiger partial charge in [-0.1, -0.05) is 36.8 Å². The van der Waals surface area contributed by atoms with E-state index in [0.29, 0.717) is 12.8 Å². The van der Waals surface area contributed by atoms with Gasteiger partial charge in [-0.2, -0.15) is 5.26 Å². The minimum atomic E-state index is -0.827. The van der Waals surface area contributed by atoms with Crippen molar-refractivity contribution >= 4 is 5.97 Å². The highest BCUT2D eigenvalue weighted by atomic mass is 16.5. The van der Waals surface area contributed by atoms with E-state index in [-0.39, 0.29) is 5.97 Å². The van der Waals surface area contributed by atoms with Crippen LogP contribution in [-0.2, 0) is 15.1 Å². The molecule has 1 aliphatic heterocycles. The van der Waals surface area contributed by atoms with Crippen molar-refractivity contribution < 1.29 is 9.53 Å². The van der Waals surface area contributed by atoms with Gasteiger partial charge in [0.1, 0.15) is 5.54 Å². The van der Waals surface area contributed by atoms with E-state index in [1.54, 1.807) is 0 Å². The van der Waals surface area contributed by atoms with Gasteiger partial charge >= 0.3 is 5.97 Å². The first-order valence-electron chi connectivity index (χ1n) is 7.51. The molecule has 1 unspecified atom stereocenters. The largest absolute Gasteiger partial charge is 0.467 e. The topological polar surface area (TPSA) is 53.3 Å². The van der Waals surface area contributed by atoms with Gasteiger partial charge in [-0.3, -0.25) is 4.90 Å². The fourth-order valence-corrected chi connectivity index (χ4v) is 3.23. The molecule has 1 saturated heterocycles. The Balaban J connectivity index is 2.47. The number of hydrogen-bond acceptors (Lipinski definition) is 4. The van der Waals surface area contributed by atoms with Gasteiger partial charge in [-0.25, -0.2) is 4.79 Å². The highest BCUT2D eigenvalue weighted by Gasteiger charge is 2.46. The number of esters is 1. The molecule has 1 aromatic carbocycles. The molecule has 0 aliphatic carbocycles. The number of carbonyl (C=O) groups is 1. The summed E-state index contributed by atoms with van der Waals surface area (Å²) in [7, 11) is 1.43. The minimum absolute atomic E-state index is 0.258. The lowest BCUT2D eigenvalue weighted by molar-refractivity contribution is -0.158. The molecular weight excluding hydrogens is 264 g/mol. The number of benzene rings is 1. The summed E-state index contributed by atoms with van der Waals surface area (Å²) < 4.78 is 5.13. The first-order chi connectivity index (χ1) is 10.3. The van der Waals surface area contributed by atoms with Crippen LogP contribution in [-0.4, -0.2) is 31.1 Å². The van der Waals surface area contributed by atoms with Crippen LogP contribution in [0.4, 0.5) is 0 Å². The third-order valence-electron chi connectivity index (χ3n) is 4.27. The predicted octanol–water partition coefficient (Wildman–Crippen LogP) is 2.84. The Labute approximate surface area is 126 Å². The van der Waals surface area contributed by atoms with Crippen molar-refractivity contribution in [3.63, 3.8) is 0 Å². The SMILES string of the molecule is COC(=O)C(CCC#N)(c1ccccc1)N1CCCCC1. The molecule has 0 radical (unpaired) electrons. The molecular formula is C17H22N2O2. The number of likely N-dealkylation sites (tertiary alicyclic amines) is 1. The number of rotatable bonds is 5. The summed E-state index contributed by atoms with van der Waals surface area (Å²) in [5.41, 5.74) is 0.0978. The van der Waals surface area contributed by atoms with Crippen molar-refractivity contribution in [2.24, 2.45) is 0 Å². The molecule has 0 bridgehead atoms. The van der Waals surface area contributed by atoms with Crippen molar-refractivity contribution in [1.82, 2.24) is 4.90 Å². The quantitative estimate of drug-likeness (QED) is 0.781. The van der Waals surface area contributed by atoms with Crippen LogP contribution in [0.5, 0.6) is 0 Å². The first kappa shape index (κ1) is 15.5. The molecule has 4 heteroatoms. The zero-order chi connectivity index (χ0) is 15.1. The second-order valence-electron chi connectivity index (χ2n) is 5.42. The molecule has 0 N–H and O–H groups in total. The van der Waals surface area contributed by atoms with E-state index in [2.05, 4.69) is 11.0 Å². The van der Waals surface area contributed by atoms with Crippen LogP contribution >= 0.6 is 0 Å². The van der Waals surface area contributed by atoms with E-state index in [4.69, 9.17) is 10.00 Å². The van der Waals surface area contributed by atoms with Crippen LogP contribution < -0.4 is 0 Å². The first-order valence-corrected chi connectivity index (χ1v) is 7.51. The summed E-state index contributed by atoms with van der Waals surface area (Å²) in [5, 5.41) is 9.01. The lowest BCUT2D eigenvalue weighted by Gasteiger charge is -2.43.